The van der Waals surface area contributed by atoms with E-state index >= 15 is 0 Å². The Labute approximate surface area is 210 Å². The van der Waals surface area contributed by atoms with E-state index in [1.54, 1.807) is 0 Å². The predicted octanol–water partition coefficient (Wildman–Crippen LogP) is 6.96. The number of anilines is 2. The third-order valence-electron chi connectivity index (χ3n) is 5.67. The van der Waals surface area contributed by atoms with E-state index in [9.17, 15) is 9.59 Å². The molecule has 4 rings (SSSR count). The molecular formula is C30H28N2O2S. The summed E-state index contributed by atoms with van der Waals surface area (Å²) in [7, 11) is 0. The number of aryl methyl sites for hydroxylation is 2. The third-order valence-corrected chi connectivity index (χ3v) is 6.94. The van der Waals surface area contributed by atoms with E-state index in [1.165, 1.54) is 11.8 Å². The second-order valence-electron chi connectivity index (χ2n) is 8.40. The number of rotatable bonds is 8. The number of nitrogens with one attached hydrogen (secondary N) is 2. The van der Waals surface area contributed by atoms with Crippen molar-refractivity contribution in [2.24, 2.45) is 0 Å². The summed E-state index contributed by atoms with van der Waals surface area (Å²) in [6, 6.07) is 33.0. The fourth-order valence-corrected chi connectivity index (χ4v) is 4.87. The molecule has 0 heterocycles. The van der Waals surface area contributed by atoms with Gasteiger partial charge in [-0.1, -0.05) is 78.9 Å². The first-order valence-corrected chi connectivity index (χ1v) is 12.4. The number of hydrogen-bond donors (Lipinski definition) is 2. The van der Waals surface area contributed by atoms with Crippen LogP contribution in [0.5, 0.6) is 0 Å². The van der Waals surface area contributed by atoms with Crippen molar-refractivity contribution in [3.05, 3.63) is 125 Å². The van der Waals surface area contributed by atoms with Crippen LogP contribution in [0.25, 0.3) is 0 Å². The molecule has 2 amide bonds. The summed E-state index contributed by atoms with van der Waals surface area (Å²) in [5.74, 6) is -0.134. The zero-order chi connectivity index (χ0) is 24.6. The van der Waals surface area contributed by atoms with E-state index in [2.05, 4.69) is 10.6 Å². The zero-order valence-electron chi connectivity index (χ0n) is 19.8. The highest BCUT2D eigenvalue weighted by atomic mass is 32.2. The first kappa shape index (κ1) is 24.3. The Hall–Kier alpha value is -3.83. The summed E-state index contributed by atoms with van der Waals surface area (Å²) in [5, 5.41) is 5.66. The molecule has 0 radical (unpaired) electrons. The van der Waals surface area contributed by atoms with Crippen molar-refractivity contribution in [1.82, 2.24) is 0 Å². The van der Waals surface area contributed by atoms with Crippen LogP contribution in [0.1, 0.15) is 27.5 Å². The van der Waals surface area contributed by atoms with Crippen LogP contribution < -0.4 is 10.6 Å². The van der Waals surface area contributed by atoms with Gasteiger partial charge in [-0.3, -0.25) is 9.59 Å². The maximum absolute atomic E-state index is 13.4. The van der Waals surface area contributed by atoms with Gasteiger partial charge in [-0.2, -0.15) is 0 Å². The Balaban J connectivity index is 1.47. The van der Waals surface area contributed by atoms with Crippen LogP contribution in [-0.2, 0) is 16.0 Å². The first-order valence-electron chi connectivity index (χ1n) is 11.5. The summed E-state index contributed by atoms with van der Waals surface area (Å²) >= 11 is 1.49. The van der Waals surface area contributed by atoms with Crippen LogP contribution >= 0.6 is 11.8 Å². The molecule has 0 saturated heterocycles. The normalized spacial score (nSPS) is 11.5. The van der Waals surface area contributed by atoms with Crippen molar-refractivity contribution < 1.29 is 9.59 Å². The fourth-order valence-electron chi connectivity index (χ4n) is 3.84. The van der Waals surface area contributed by atoms with Gasteiger partial charge in [0.2, 0.25) is 11.8 Å². The molecule has 0 bridgehead atoms. The van der Waals surface area contributed by atoms with Crippen LogP contribution in [0.3, 0.4) is 0 Å². The highest BCUT2D eigenvalue weighted by Gasteiger charge is 2.23. The van der Waals surface area contributed by atoms with E-state index in [4.69, 9.17) is 0 Å². The monoisotopic (exact) mass is 480 g/mol. The number of hydrogen-bond acceptors (Lipinski definition) is 3. The molecule has 0 aliphatic carbocycles. The van der Waals surface area contributed by atoms with Gasteiger partial charge in [0.15, 0.2) is 0 Å². The topological polar surface area (TPSA) is 58.2 Å². The first-order chi connectivity index (χ1) is 17.0. The molecule has 0 aromatic heterocycles. The molecule has 0 aliphatic rings. The predicted molar refractivity (Wildman–Crippen MR) is 145 cm³/mol. The fraction of sp³-hybridized carbons (Fsp3) is 0.133. The maximum Gasteiger partial charge on any atom is 0.242 e. The van der Waals surface area contributed by atoms with Gasteiger partial charge < -0.3 is 10.6 Å². The van der Waals surface area contributed by atoms with E-state index in [1.807, 2.05) is 117 Å². The van der Waals surface area contributed by atoms with E-state index in [-0.39, 0.29) is 11.8 Å². The highest BCUT2D eigenvalue weighted by molar-refractivity contribution is 8.00. The Morgan fingerprint density at radius 1 is 0.714 bits per heavy atom. The van der Waals surface area contributed by atoms with Gasteiger partial charge in [0.05, 0.1) is 6.42 Å². The van der Waals surface area contributed by atoms with Crippen LogP contribution in [0.15, 0.2) is 108 Å². The molecule has 176 valence electrons. The minimum absolute atomic E-state index is 0.0632. The van der Waals surface area contributed by atoms with Gasteiger partial charge in [0.1, 0.15) is 5.25 Å². The Morgan fingerprint density at radius 3 is 1.94 bits per heavy atom. The summed E-state index contributed by atoms with van der Waals surface area (Å²) in [5.41, 5.74) is 5.55. The lowest BCUT2D eigenvalue weighted by Crippen LogP contribution is -2.20. The summed E-state index contributed by atoms with van der Waals surface area (Å²) in [6.45, 7) is 4.00. The Morgan fingerprint density at radius 2 is 1.31 bits per heavy atom. The number of benzene rings is 4. The van der Waals surface area contributed by atoms with Gasteiger partial charge >= 0.3 is 0 Å². The van der Waals surface area contributed by atoms with Gasteiger partial charge in [-0.25, -0.2) is 0 Å². The highest BCUT2D eigenvalue weighted by Crippen LogP contribution is 2.37. The molecule has 5 heteroatoms. The summed E-state index contributed by atoms with van der Waals surface area (Å²) in [6.07, 6.45) is 0.325. The lowest BCUT2D eigenvalue weighted by atomic mass is 10.1. The molecule has 4 aromatic carbocycles. The van der Waals surface area contributed by atoms with Crippen molar-refractivity contribution in [1.29, 1.82) is 0 Å². The molecule has 0 saturated carbocycles. The average molecular weight is 481 g/mol. The van der Waals surface area contributed by atoms with Crippen molar-refractivity contribution in [2.45, 2.75) is 30.4 Å². The van der Waals surface area contributed by atoms with Crippen molar-refractivity contribution >= 4 is 35.0 Å². The standard InChI is InChI=1S/C30H28N2O2S/c1-21-10-9-11-22(2)28(21)32-30(34)29(24-14-7-4-8-15-24)35-26-18-16-25(17-19-26)31-27(33)20-23-12-5-3-6-13-23/h3-19,29H,20H2,1-2H3,(H,31,33)(H,32,34). The Bertz CT molecular complexity index is 1270. The number of para-hydroxylation sites is 1. The summed E-state index contributed by atoms with van der Waals surface area (Å²) in [4.78, 5) is 26.7. The van der Waals surface area contributed by atoms with Crippen LogP contribution in [0.2, 0.25) is 0 Å². The lowest BCUT2D eigenvalue weighted by Gasteiger charge is -2.19. The number of carbonyl (C=O) groups is 2. The van der Waals surface area contributed by atoms with E-state index < -0.39 is 5.25 Å². The molecule has 1 unspecified atom stereocenters. The molecule has 1 atom stereocenters. The van der Waals surface area contributed by atoms with Gasteiger partial charge in [-0.15, -0.1) is 11.8 Å². The van der Waals surface area contributed by atoms with Gasteiger partial charge in [0.25, 0.3) is 0 Å². The van der Waals surface area contributed by atoms with Crippen molar-refractivity contribution in [2.75, 3.05) is 10.6 Å². The molecule has 0 aliphatic heterocycles. The largest absolute Gasteiger partial charge is 0.326 e. The molecule has 2 N–H and O–H groups in total. The van der Waals surface area contributed by atoms with Crippen LogP contribution in [0.4, 0.5) is 11.4 Å². The number of thioether (sulfide) groups is 1. The molecule has 0 fully saturated rings. The van der Waals surface area contributed by atoms with E-state index in [0.29, 0.717) is 6.42 Å². The third kappa shape index (κ3) is 6.61. The second kappa shape index (κ2) is 11.5. The van der Waals surface area contributed by atoms with Crippen molar-refractivity contribution in [3.63, 3.8) is 0 Å². The smallest absolute Gasteiger partial charge is 0.242 e. The molecule has 4 nitrogen and oxygen atoms in total. The quantitative estimate of drug-likeness (QED) is 0.268. The molecule has 35 heavy (non-hydrogen) atoms. The average Bonchev–Trinajstić information content (AvgIpc) is 2.87. The molecule has 0 spiro atoms. The Kier molecular flexibility index (Phi) is 8.01. The number of amides is 2. The second-order valence-corrected chi connectivity index (χ2v) is 9.58. The zero-order valence-corrected chi connectivity index (χ0v) is 20.6. The SMILES string of the molecule is Cc1cccc(C)c1NC(=O)C(Sc1ccc(NC(=O)Cc2ccccc2)cc1)c1ccccc1. The molecule has 4 aromatic rings. The van der Waals surface area contributed by atoms with Crippen molar-refractivity contribution in [3.8, 4) is 0 Å². The number of carbonyl (C=O) groups excluding carboxylic acids is 2. The minimum Gasteiger partial charge on any atom is -0.326 e. The minimum atomic E-state index is -0.422. The summed E-state index contributed by atoms with van der Waals surface area (Å²) < 4.78 is 0. The lowest BCUT2D eigenvalue weighted by molar-refractivity contribution is -0.116. The van der Waals surface area contributed by atoms with Crippen LogP contribution in [0, 0.1) is 13.8 Å². The van der Waals surface area contributed by atoms with Gasteiger partial charge in [0, 0.05) is 16.3 Å². The van der Waals surface area contributed by atoms with E-state index in [0.717, 1.165) is 38.5 Å². The maximum atomic E-state index is 13.4. The molecular weight excluding hydrogens is 452 g/mol. The van der Waals surface area contributed by atoms with Gasteiger partial charge in [-0.05, 0) is 60.4 Å². The van der Waals surface area contributed by atoms with Crippen LogP contribution in [-0.4, -0.2) is 11.8 Å².